The molecule has 0 spiro atoms. The molecule has 1 heterocycles. The fraction of sp³-hybridized carbons (Fsp3) is 0.600. The lowest BCUT2D eigenvalue weighted by atomic mass is 9.66. The predicted molar refractivity (Wildman–Crippen MR) is 76.4 cm³/mol. The Morgan fingerprint density at radius 1 is 1.44 bits per heavy atom. The van der Waals surface area contributed by atoms with Crippen molar-refractivity contribution in [1.29, 1.82) is 0 Å². The Balaban J connectivity index is 2.07. The van der Waals surface area contributed by atoms with Gasteiger partial charge in [0.25, 0.3) is 0 Å². The standard InChI is InChI=1S/C15H20BrNO/c1-15(2)6-4-3-5-13(15)14(18)8-11-7-12(16)10-17-9-11/h7,9-10,13H,3-6,8H2,1-2H3. The predicted octanol–water partition coefficient (Wildman–Crippen LogP) is 4.17. The molecule has 0 bridgehead atoms. The van der Waals surface area contributed by atoms with Crippen LogP contribution >= 0.6 is 15.9 Å². The van der Waals surface area contributed by atoms with Crippen LogP contribution in [0.5, 0.6) is 0 Å². The minimum atomic E-state index is 0.161. The summed E-state index contributed by atoms with van der Waals surface area (Å²) in [6, 6.07) is 1.99. The Labute approximate surface area is 117 Å². The van der Waals surface area contributed by atoms with E-state index in [1.165, 1.54) is 19.3 Å². The van der Waals surface area contributed by atoms with Gasteiger partial charge in [0.1, 0.15) is 5.78 Å². The van der Waals surface area contributed by atoms with Gasteiger partial charge in [0.15, 0.2) is 0 Å². The molecule has 0 aliphatic heterocycles. The summed E-state index contributed by atoms with van der Waals surface area (Å²) in [5.74, 6) is 0.588. The number of carbonyl (C=O) groups excluding carboxylic acids is 1. The zero-order valence-electron chi connectivity index (χ0n) is 11.1. The van der Waals surface area contributed by atoms with Gasteiger partial charge in [-0.15, -0.1) is 0 Å². The molecular formula is C15H20BrNO. The Morgan fingerprint density at radius 2 is 2.22 bits per heavy atom. The second-order valence-electron chi connectivity index (χ2n) is 5.94. The molecule has 18 heavy (non-hydrogen) atoms. The molecule has 1 saturated carbocycles. The molecule has 3 heteroatoms. The lowest BCUT2D eigenvalue weighted by Crippen LogP contribution is -2.34. The smallest absolute Gasteiger partial charge is 0.140 e. The van der Waals surface area contributed by atoms with Crippen LogP contribution in [0.3, 0.4) is 0 Å². The van der Waals surface area contributed by atoms with Crippen molar-refractivity contribution >= 4 is 21.7 Å². The van der Waals surface area contributed by atoms with E-state index in [1.807, 2.05) is 6.07 Å². The highest BCUT2D eigenvalue weighted by Gasteiger charge is 2.36. The van der Waals surface area contributed by atoms with E-state index >= 15 is 0 Å². The van der Waals surface area contributed by atoms with Gasteiger partial charge in [0.2, 0.25) is 0 Å². The van der Waals surface area contributed by atoms with Gasteiger partial charge in [0, 0.05) is 29.2 Å². The number of nitrogens with zero attached hydrogens (tertiary/aromatic N) is 1. The number of hydrogen-bond donors (Lipinski definition) is 0. The molecule has 1 aromatic rings. The maximum absolute atomic E-state index is 12.5. The Morgan fingerprint density at radius 3 is 2.89 bits per heavy atom. The van der Waals surface area contributed by atoms with Gasteiger partial charge in [-0.25, -0.2) is 0 Å². The van der Waals surface area contributed by atoms with Crippen molar-refractivity contribution in [3.05, 3.63) is 28.5 Å². The Kier molecular flexibility index (Phi) is 4.21. The first-order valence-corrected chi connectivity index (χ1v) is 7.40. The zero-order chi connectivity index (χ0) is 13.2. The van der Waals surface area contributed by atoms with Crippen LogP contribution in [-0.4, -0.2) is 10.8 Å². The first-order valence-electron chi connectivity index (χ1n) is 6.61. The van der Waals surface area contributed by atoms with Crippen LogP contribution < -0.4 is 0 Å². The maximum atomic E-state index is 12.5. The molecule has 0 amide bonds. The summed E-state index contributed by atoms with van der Waals surface area (Å²) in [6.07, 6.45) is 8.72. The number of ketones is 1. The molecule has 2 nitrogen and oxygen atoms in total. The first kappa shape index (κ1) is 13.7. The topological polar surface area (TPSA) is 30.0 Å². The molecule has 2 rings (SSSR count). The third kappa shape index (κ3) is 3.19. The number of pyridine rings is 1. The SMILES string of the molecule is CC1(C)CCCCC1C(=O)Cc1cncc(Br)c1. The highest BCUT2D eigenvalue weighted by atomic mass is 79.9. The van der Waals surface area contributed by atoms with Crippen molar-refractivity contribution in [3.8, 4) is 0 Å². The molecule has 0 radical (unpaired) electrons. The lowest BCUT2D eigenvalue weighted by Gasteiger charge is -2.37. The highest BCUT2D eigenvalue weighted by molar-refractivity contribution is 9.10. The molecule has 1 unspecified atom stereocenters. The molecule has 1 aliphatic rings. The van der Waals surface area contributed by atoms with Crippen LogP contribution in [0.1, 0.15) is 45.1 Å². The van der Waals surface area contributed by atoms with E-state index in [0.29, 0.717) is 12.2 Å². The molecular weight excluding hydrogens is 290 g/mol. The average molecular weight is 310 g/mol. The molecule has 1 aromatic heterocycles. The molecule has 0 aromatic carbocycles. The summed E-state index contributed by atoms with van der Waals surface area (Å²) in [7, 11) is 0. The summed E-state index contributed by atoms with van der Waals surface area (Å²) < 4.78 is 0.940. The van der Waals surface area contributed by atoms with Gasteiger partial charge < -0.3 is 0 Å². The second-order valence-corrected chi connectivity index (χ2v) is 6.86. The van der Waals surface area contributed by atoms with Crippen LogP contribution in [0.25, 0.3) is 0 Å². The first-order chi connectivity index (χ1) is 8.49. The van der Waals surface area contributed by atoms with E-state index in [4.69, 9.17) is 0 Å². The molecule has 98 valence electrons. The van der Waals surface area contributed by atoms with Gasteiger partial charge in [-0.1, -0.05) is 26.7 Å². The van der Waals surface area contributed by atoms with E-state index in [9.17, 15) is 4.79 Å². The third-order valence-corrected chi connectivity index (χ3v) is 4.47. The lowest BCUT2D eigenvalue weighted by molar-refractivity contribution is -0.127. The number of aromatic nitrogens is 1. The van der Waals surface area contributed by atoms with Crippen LogP contribution in [-0.2, 0) is 11.2 Å². The number of Topliss-reactive ketones (excluding diaryl/α,β-unsaturated/α-hetero) is 1. The molecule has 1 atom stereocenters. The molecule has 0 N–H and O–H groups in total. The second kappa shape index (κ2) is 5.52. The monoisotopic (exact) mass is 309 g/mol. The number of halogens is 1. The Hall–Kier alpha value is -0.700. The van der Waals surface area contributed by atoms with Gasteiger partial charge in [-0.2, -0.15) is 0 Å². The van der Waals surface area contributed by atoms with Crippen molar-refractivity contribution in [2.45, 2.75) is 46.0 Å². The van der Waals surface area contributed by atoms with Crippen molar-refractivity contribution in [1.82, 2.24) is 4.98 Å². The Bertz CT molecular complexity index is 442. The van der Waals surface area contributed by atoms with Gasteiger partial charge in [-0.05, 0) is 45.8 Å². The molecule has 0 saturated heterocycles. The summed E-state index contributed by atoms with van der Waals surface area (Å²) >= 11 is 3.40. The largest absolute Gasteiger partial charge is 0.299 e. The van der Waals surface area contributed by atoms with Gasteiger partial charge in [0.05, 0.1) is 0 Å². The zero-order valence-corrected chi connectivity index (χ0v) is 12.7. The van der Waals surface area contributed by atoms with Crippen molar-refractivity contribution in [2.75, 3.05) is 0 Å². The van der Waals surface area contributed by atoms with Crippen molar-refractivity contribution in [3.63, 3.8) is 0 Å². The number of hydrogen-bond acceptors (Lipinski definition) is 2. The van der Waals surface area contributed by atoms with E-state index in [2.05, 4.69) is 34.8 Å². The number of rotatable bonds is 3. The quantitative estimate of drug-likeness (QED) is 0.838. The summed E-state index contributed by atoms with van der Waals surface area (Å²) in [4.78, 5) is 16.6. The summed E-state index contributed by atoms with van der Waals surface area (Å²) in [5.41, 5.74) is 1.17. The highest BCUT2D eigenvalue weighted by Crippen LogP contribution is 2.41. The van der Waals surface area contributed by atoms with E-state index in [0.717, 1.165) is 16.5 Å². The van der Waals surface area contributed by atoms with Gasteiger partial charge in [-0.3, -0.25) is 9.78 Å². The maximum Gasteiger partial charge on any atom is 0.140 e. The van der Waals surface area contributed by atoms with Gasteiger partial charge >= 0.3 is 0 Å². The fourth-order valence-electron chi connectivity index (χ4n) is 2.97. The van der Waals surface area contributed by atoms with E-state index < -0.39 is 0 Å². The molecule has 1 fully saturated rings. The normalized spacial score (nSPS) is 22.7. The van der Waals surface area contributed by atoms with E-state index in [1.54, 1.807) is 12.4 Å². The fourth-order valence-corrected chi connectivity index (χ4v) is 3.38. The minimum absolute atomic E-state index is 0.161. The van der Waals surface area contributed by atoms with Crippen LogP contribution in [0.4, 0.5) is 0 Å². The summed E-state index contributed by atoms with van der Waals surface area (Å²) in [6.45, 7) is 4.46. The minimum Gasteiger partial charge on any atom is -0.299 e. The average Bonchev–Trinajstić information content (AvgIpc) is 2.28. The number of carbonyl (C=O) groups is 1. The van der Waals surface area contributed by atoms with Crippen LogP contribution in [0.15, 0.2) is 22.9 Å². The van der Waals surface area contributed by atoms with Crippen molar-refractivity contribution in [2.24, 2.45) is 11.3 Å². The molecule has 1 aliphatic carbocycles. The summed E-state index contributed by atoms with van der Waals surface area (Å²) in [5, 5.41) is 0. The van der Waals surface area contributed by atoms with Crippen molar-refractivity contribution < 1.29 is 4.79 Å². The third-order valence-electron chi connectivity index (χ3n) is 4.04. The van der Waals surface area contributed by atoms with E-state index in [-0.39, 0.29) is 11.3 Å². The van der Waals surface area contributed by atoms with Crippen LogP contribution in [0.2, 0.25) is 0 Å². The van der Waals surface area contributed by atoms with Crippen LogP contribution in [0, 0.1) is 11.3 Å².